The smallest absolute Gasteiger partial charge is 0.329 e. The van der Waals surface area contributed by atoms with Crippen molar-refractivity contribution in [1.82, 2.24) is 5.32 Å². The summed E-state index contributed by atoms with van der Waals surface area (Å²) in [7, 11) is 0. The Morgan fingerprint density at radius 1 is 1.36 bits per heavy atom. The maximum absolute atomic E-state index is 12.2. The second kappa shape index (κ2) is 7.51. The molecule has 1 heterocycles. The van der Waals surface area contributed by atoms with Crippen LogP contribution in [0.15, 0.2) is 22.7 Å². The van der Waals surface area contributed by atoms with Crippen molar-refractivity contribution in [3.8, 4) is 0 Å². The van der Waals surface area contributed by atoms with Crippen LogP contribution in [0.25, 0.3) is 0 Å². The maximum Gasteiger partial charge on any atom is 0.329 e. The summed E-state index contributed by atoms with van der Waals surface area (Å²) in [5.41, 5.74) is 1.14. The van der Waals surface area contributed by atoms with Gasteiger partial charge in [0.05, 0.1) is 0 Å². The molecular formula is C16H20BrNO3S. The summed E-state index contributed by atoms with van der Waals surface area (Å²) < 4.78 is 1.05. The molecule has 1 aromatic rings. The van der Waals surface area contributed by atoms with Gasteiger partial charge >= 0.3 is 5.97 Å². The molecule has 4 nitrogen and oxygen atoms in total. The molecule has 1 fully saturated rings. The Balaban J connectivity index is 1.94. The molecule has 0 aromatic heterocycles. The van der Waals surface area contributed by atoms with E-state index in [0.717, 1.165) is 27.1 Å². The molecule has 2 N–H and O–H groups in total. The number of aryl methyl sites for hydroxylation is 2. The van der Waals surface area contributed by atoms with Crippen LogP contribution in [0, 0.1) is 6.92 Å². The molecule has 0 saturated carbocycles. The predicted molar refractivity (Wildman–Crippen MR) is 92.3 cm³/mol. The van der Waals surface area contributed by atoms with E-state index in [9.17, 15) is 14.7 Å². The van der Waals surface area contributed by atoms with Gasteiger partial charge in [-0.25, -0.2) is 4.79 Å². The van der Waals surface area contributed by atoms with E-state index in [1.807, 2.05) is 25.1 Å². The number of hydrogen-bond acceptors (Lipinski definition) is 3. The van der Waals surface area contributed by atoms with Crippen LogP contribution < -0.4 is 5.32 Å². The van der Waals surface area contributed by atoms with Crippen molar-refractivity contribution in [2.75, 3.05) is 11.5 Å². The number of carbonyl (C=O) groups excluding carboxylic acids is 1. The van der Waals surface area contributed by atoms with Crippen LogP contribution >= 0.6 is 27.7 Å². The van der Waals surface area contributed by atoms with Gasteiger partial charge in [0, 0.05) is 10.9 Å². The first kappa shape index (κ1) is 17.3. The highest BCUT2D eigenvalue weighted by atomic mass is 79.9. The molecule has 1 aliphatic heterocycles. The average molecular weight is 386 g/mol. The van der Waals surface area contributed by atoms with E-state index in [0.29, 0.717) is 25.7 Å². The first-order valence-corrected chi connectivity index (χ1v) is 9.25. The zero-order valence-corrected chi connectivity index (χ0v) is 14.9. The SMILES string of the molecule is Cc1cc(CCC(=O)NC2(C(=O)O)CCSCC2)ccc1Br. The molecule has 0 unspecified atom stereocenters. The first-order valence-electron chi connectivity index (χ1n) is 7.30. The van der Waals surface area contributed by atoms with E-state index in [2.05, 4.69) is 21.2 Å². The Morgan fingerprint density at radius 3 is 2.64 bits per heavy atom. The van der Waals surface area contributed by atoms with Crippen molar-refractivity contribution in [3.05, 3.63) is 33.8 Å². The zero-order chi connectivity index (χ0) is 16.2. The van der Waals surface area contributed by atoms with E-state index in [-0.39, 0.29) is 5.91 Å². The standard InChI is InChI=1S/C16H20BrNO3S/c1-11-10-12(2-4-13(11)17)3-5-14(19)18-16(15(20)21)6-8-22-9-7-16/h2,4,10H,3,5-9H2,1H3,(H,18,19)(H,20,21). The fraction of sp³-hybridized carbons (Fsp3) is 0.500. The highest BCUT2D eigenvalue weighted by Crippen LogP contribution is 2.27. The molecule has 0 spiro atoms. The number of carbonyl (C=O) groups is 2. The van der Waals surface area contributed by atoms with Crippen LogP contribution in [0.5, 0.6) is 0 Å². The molecule has 1 aliphatic rings. The minimum atomic E-state index is -1.07. The highest BCUT2D eigenvalue weighted by molar-refractivity contribution is 9.10. The molecule has 0 radical (unpaired) electrons. The summed E-state index contributed by atoms with van der Waals surface area (Å²) in [6, 6.07) is 6.00. The lowest BCUT2D eigenvalue weighted by molar-refractivity contribution is -0.148. The molecule has 0 atom stereocenters. The Hall–Kier alpha value is -1.01. The Labute approximate surface area is 143 Å². The topological polar surface area (TPSA) is 66.4 Å². The molecular weight excluding hydrogens is 366 g/mol. The number of hydrogen-bond donors (Lipinski definition) is 2. The van der Waals surface area contributed by atoms with Gasteiger partial charge in [-0.3, -0.25) is 4.79 Å². The van der Waals surface area contributed by atoms with Crippen LogP contribution in [-0.2, 0) is 16.0 Å². The second-order valence-corrected chi connectivity index (χ2v) is 7.71. The third-order valence-corrected chi connectivity index (χ3v) is 5.87. The van der Waals surface area contributed by atoms with Gasteiger partial charge in [0.15, 0.2) is 0 Å². The number of amides is 1. The highest BCUT2D eigenvalue weighted by Gasteiger charge is 2.41. The number of nitrogens with one attached hydrogen (secondary N) is 1. The third-order valence-electron chi connectivity index (χ3n) is 4.00. The van der Waals surface area contributed by atoms with E-state index in [1.54, 1.807) is 11.8 Å². The number of halogens is 1. The van der Waals surface area contributed by atoms with E-state index in [4.69, 9.17) is 0 Å². The molecule has 0 aliphatic carbocycles. The van der Waals surface area contributed by atoms with Crippen molar-refractivity contribution >= 4 is 39.6 Å². The maximum atomic E-state index is 12.2. The van der Waals surface area contributed by atoms with Gasteiger partial charge in [0.2, 0.25) is 5.91 Å². The number of aliphatic carboxylic acids is 1. The van der Waals surface area contributed by atoms with Gasteiger partial charge in [-0.15, -0.1) is 0 Å². The summed E-state index contributed by atoms with van der Waals surface area (Å²) >= 11 is 5.19. The van der Waals surface area contributed by atoms with E-state index >= 15 is 0 Å². The summed E-state index contributed by atoms with van der Waals surface area (Å²) in [5, 5.41) is 12.2. The van der Waals surface area contributed by atoms with Crippen LogP contribution in [-0.4, -0.2) is 34.0 Å². The Morgan fingerprint density at radius 2 is 2.05 bits per heavy atom. The minimum absolute atomic E-state index is 0.185. The third kappa shape index (κ3) is 4.26. The second-order valence-electron chi connectivity index (χ2n) is 5.63. The minimum Gasteiger partial charge on any atom is -0.480 e. The van der Waals surface area contributed by atoms with E-state index < -0.39 is 11.5 Å². The van der Waals surface area contributed by atoms with Crippen molar-refractivity contribution in [3.63, 3.8) is 0 Å². The molecule has 0 bridgehead atoms. The van der Waals surface area contributed by atoms with Crippen LogP contribution in [0.1, 0.15) is 30.4 Å². The van der Waals surface area contributed by atoms with Gasteiger partial charge < -0.3 is 10.4 Å². The van der Waals surface area contributed by atoms with Crippen molar-refractivity contribution < 1.29 is 14.7 Å². The van der Waals surface area contributed by atoms with Crippen molar-refractivity contribution in [2.24, 2.45) is 0 Å². The fourth-order valence-electron chi connectivity index (χ4n) is 2.56. The molecule has 1 aromatic carbocycles. The lowest BCUT2D eigenvalue weighted by atomic mass is 9.92. The van der Waals surface area contributed by atoms with Crippen LogP contribution in [0.4, 0.5) is 0 Å². The summed E-state index contributed by atoms with van der Waals surface area (Å²) in [4.78, 5) is 23.7. The van der Waals surface area contributed by atoms with Gasteiger partial charge in [-0.05, 0) is 54.9 Å². The van der Waals surface area contributed by atoms with Gasteiger partial charge in [0.25, 0.3) is 0 Å². The van der Waals surface area contributed by atoms with Gasteiger partial charge in [-0.2, -0.15) is 11.8 Å². The first-order chi connectivity index (χ1) is 10.4. The lowest BCUT2D eigenvalue weighted by Crippen LogP contribution is -2.56. The molecule has 6 heteroatoms. The molecule has 120 valence electrons. The summed E-state index contributed by atoms with van der Waals surface area (Å²) in [5.74, 6) is 0.451. The molecule has 2 rings (SSSR count). The average Bonchev–Trinajstić information content (AvgIpc) is 2.49. The quantitative estimate of drug-likeness (QED) is 0.816. The van der Waals surface area contributed by atoms with Crippen molar-refractivity contribution in [2.45, 2.75) is 38.1 Å². The van der Waals surface area contributed by atoms with Gasteiger partial charge in [0.1, 0.15) is 5.54 Å². The van der Waals surface area contributed by atoms with Crippen LogP contribution in [0.3, 0.4) is 0 Å². The summed E-state index contributed by atoms with van der Waals surface area (Å²) in [6.45, 7) is 2.01. The Bertz CT molecular complexity index is 571. The van der Waals surface area contributed by atoms with Gasteiger partial charge in [-0.1, -0.05) is 28.1 Å². The largest absolute Gasteiger partial charge is 0.480 e. The number of carboxylic acid groups (broad SMARTS) is 1. The van der Waals surface area contributed by atoms with Crippen LogP contribution in [0.2, 0.25) is 0 Å². The zero-order valence-electron chi connectivity index (χ0n) is 12.5. The number of carboxylic acids is 1. The van der Waals surface area contributed by atoms with E-state index in [1.165, 1.54) is 0 Å². The monoisotopic (exact) mass is 385 g/mol. The summed E-state index contributed by atoms with van der Waals surface area (Å²) in [6.07, 6.45) is 1.92. The van der Waals surface area contributed by atoms with Crippen molar-refractivity contribution in [1.29, 1.82) is 0 Å². The molecule has 22 heavy (non-hydrogen) atoms. The number of rotatable bonds is 5. The molecule has 1 amide bonds. The molecule has 1 saturated heterocycles. The number of benzene rings is 1. The lowest BCUT2D eigenvalue weighted by Gasteiger charge is -2.33. The Kier molecular flexibility index (Phi) is 5.92. The fourth-order valence-corrected chi connectivity index (χ4v) is 4.00. The predicted octanol–water partition coefficient (Wildman–Crippen LogP) is 3.16. The normalized spacial score (nSPS) is 17.0. The number of thioether (sulfide) groups is 1.